The lowest BCUT2D eigenvalue weighted by atomic mass is 9.66. The Bertz CT molecular complexity index is 224. The molecule has 0 spiro atoms. The van der Waals surface area contributed by atoms with E-state index in [0.717, 1.165) is 12.8 Å². The Labute approximate surface area is 103 Å². The lowest BCUT2D eigenvalue weighted by Crippen LogP contribution is -2.42. The summed E-state index contributed by atoms with van der Waals surface area (Å²) < 4.78 is 10.1. The largest absolute Gasteiger partial charge is 0.382 e. The van der Waals surface area contributed by atoms with Crippen molar-refractivity contribution in [1.82, 2.24) is 5.32 Å². The number of carbonyl (C=O) groups is 1. The number of ether oxygens (including phenoxy) is 2. The molecule has 100 valence electrons. The summed E-state index contributed by atoms with van der Waals surface area (Å²) in [6.07, 6.45) is 3.93. The smallest absolute Gasteiger partial charge is 0.220 e. The second-order valence-corrected chi connectivity index (χ2v) is 4.69. The lowest BCUT2D eigenvalue weighted by Gasteiger charge is -2.40. The molecular weight excluding hydrogens is 220 g/mol. The number of nitrogens with one attached hydrogen (secondary N) is 1. The van der Waals surface area contributed by atoms with Crippen LogP contribution in [0.15, 0.2) is 0 Å². The molecule has 0 aromatic heterocycles. The van der Waals surface area contributed by atoms with E-state index >= 15 is 0 Å². The minimum atomic E-state index is 0.0843. The van der Waals surface area contributed by atoms with Crippen LogP contribution in [0.1, 0.15) is 25.7 Å². The van der Waals surface area contributed by atoms with Gasteiger partial charge in [-0.2, -0.15) is 0 Å². The maximum absolute atomic E-state index is 11.7. The van der Waals surface area contributed by atoms with Crippen LogP contribution in [0, 0.1) is 5.41 Å². The highest BCUT2D eigenvalue weighted by atomic mass is 16.5. The van der Waals surface area contributed by atoms with Crippen molar-refractivity contribution < 1.29 is 14.3 Å². The quantitative estimate of drug-likeness (QED) is 0.572. The molecule has 0 radical (unpaired) electrons. The molecule has 1 rings (SSSR count). The molecule has 0 bridgehead atoms. The monoisotopic (exact) mass is 244 g/mol. The van der Waals surface area contributed by atoms with Gasteiger partial charge in [-0.1, -0.05) is 6.42 Å². The van der Waals surface area contributed by atoms with Crippen molar-refractivity contribution in [1.29, 1.82) is 0 Å². The Morgan fingerprint density at radius 3 is 2.65 bits per heavy atom. The van der Waals surface area contributed by atoms with Crippen molar-refractivity contribution in [3.63, 3.8) is 0 Å². The van der Waals surface area contributed by atoms with Gasteiger partial charge in [-0.3, -0.25) is 4.79 Å². The highest BCUT2D eigenvalue weighted by Crippen LogP contribution is 2.42. The molecule has 1 aliphatic carbocycles. The zero-order chi connectivity index (χ0) is 12.6. The van der Waals surface area contributed by atoms with Crippen LogP contribution >= 0.6 is 0 Å². The van der Waals surface area contributed by atoms with E-state index in [1.165, 1.54) is 6.42 Å². The van der Waals surface area contributed by atoms with Gasteiger partial charge < -0.3 is 20.5 Å². The first-order valence-electron chi connectivity index (χ1n) is 6.26. The highest BCUT2D eigenvalue weighted by molar-refractivity contribution is 5.76. The maximum atomic E-state index is 11.7. The Morgan fingerprint density at radius 2 is 2.12 bits per heavy atom. The first kappa shape index (κ1) is 14.4. The molecule has 0 aromatic rings. The van der Waals surface area contributed by atoms with Gasteiger partial charge in [0.25, 0.3) is 0 Å². The Balaban J connectivity index is 2.01. The van der Waals surface area contributed by atoms with Crippen LogP contribution in [0.25, 0.3) is 0 Å². The minimum Gasteiger partial charge on any atom is -0.382 e. The minimum absolute atomic E-state index is 0.0843. The van der Waals surface area contributed by atoms with Crippen molar-refractivity contribution in [2.75, 3.05) is 40.0 Å². The van der Waals surface area contributed by atoms with E-state index in [2.05, 4.69) is 5.32 Å². The normalized spacial score (nSPS) is 17.5. The van der Waals surface area contributed by atoms with Crippen molar-refractivity contribution >= 4 is 5.91 Å². The van der Waals surface area contributed by atoms with Crippen molar-refractivity contribution in [3.8, 4) is 0 Å². The summed E-state index contributed by atoms with van der Waals surface area (Å²) in [5, 5.41) is 2.86. The fraction of sp³-hybridized carbons (Fsp3) is 0.917. The van der Waals surface area contributed by atoms with Crippen LogP contribution in [0.5, 0.6) is 0 Å². The molecule has 0 unspecified atom stereocenters. The standard InChI is InChI=1S/C12H24N2O3/c1-16-7-8-17-6-5-14-11(15)9-12(10-13)3-2-4-12/h2-10,13H2,1H3,(H,14,15). The Hall–Kier alpha value is -0.650. The van der Waals surface area contributed by atoms with E-state index in [1.807, 2.05) is 0 Å². The molecule has 5 nitrogen and oxygen atoms in total. The van der Waals surface area contributed by atoms with Crippen molar-refractivity contribution in [2.45, 2.75) is 25.7 Å². The third-order valence-corrected chi connectivity index (χ3v) is 3.38. The summed E-state index contributed by atoms with van der Waals surface area (Å²) in [4.78, 5) is 11.7. The number of nitrogens with two attached hydrogens (primary N) is 1. The first-order chi connectivity index (χ1) is 8.22. The summed E-state index contributed by atoms with van der Waals surface area (Å²) in [6.45, 7) is 2.86. The first-order valence-corrected chi connectivity index (χ1v) is 6.26. The zero-order valence-electron chi connectivity index (χ0n) is 10.7. The number of amides is 1. The number of methoxy groups -OCH3 is 1. The van der Waals surface area contributed by atoms with E-state index in [9.17, 15) is 4.79 Å². The summed E-state index contributed by atoms with van der Waals surface area (Å²) in [5.74, 6) is 0.0884. The van der Waals surface area contributed by atoms with Crippen LogP contribution in [-0.2, 0) is 14.3 Å². The SMILES string of the molecule is COCCOCCNC(=O)CC1(CN)CCC1. The molecule has 0 atom stereocenters. The molecule has 0 aliphatic heterocycles. The third kappa shape index (κ3) is 5.02. The molecule has 17 heavy (non-hydrogen) atoms. The predicted octanol–water partition coefficient (Wildman–Crippen LogP) is 0.285. The van der Waals surface area contributed by atoms with E-state index < -0.39 is 0 Å². The van der Waals surface area contributed by atoms with Gasteiger partial charge in [0.05, 0.1) is 19.8 Å². The van der Waals surface area contributed by atoms with Crippen LogP contribution in [0.4, 0.5) is 0 Å². The molecule has 0 aromatic carbocycles. The van der Waals surface area contributed by atoms with E-state index in [-0.39, 0.29) is 11.3 Å². The van der Waals surface area contributed by atoms with Gasteiger partial charge in [0.15, 0.2) is 0 Å². The second kappa shape index (κ2) is 7.63. The summed E-state index contributed by atoms with van der Waals surface area (Å²) in [6, 6.07) is 0. The highest BCUT2D eigenvalue weighted by Gasteiger charge is 2.37. The fourth-order valence-corrected chi connectivity index (χ4v) is 2.04. The summed E-state index contributed by atoms with van der Waals surface area (Å²) in [7, 11) is 1.63. The van der Waals surface area contributed by atoms with Crippen LogP contribution in [0.2, 0.25) is 0 Å². The van der Waals surface area contributed by atoms with Gasteiger partial charge in [-0.25, -0.2) is 0 Å². The van der Waals surface area contributed by atoms with Crippen LogP contribution < -0.4 is 11.1 Å². The number of hydrogen-bond donors (Lipinski definition) is 2. The molecule has 5 heteroatoms. The van der Waals surface area contributed by atoms with Gasteiger partial charge in [0.2, 0.25) is 5.91 Å². The molecule has 0 saturated heterocycles. The molecule has 1 aliphatic rings. The summed E-state index contributed by atoms with van der Waals surface area (Å²) >= 11 is 0. The average molecular weight is 244 g/mol. The van der Waals surface area contributed by atoms with E-state index in [0.29, 0.717) is 39.3 Å². The molecule has 0 heterocycles. The van der Waals surface area contributed by atoms with Crippen molar-refractivity contribution in [3.05, 3.63) is 0 Å². The number of carbonyl (C=O) groups excluding carboxylic acids is 1. The Kier molecular flexibility index (Phi) is 6.47. The third-order valence-electron chi connectivity index (χ3n) is 3.38. The van der Waals surface area contributed by atoms with Gasteiger partial charge in [0, 0.05) is 20.1 Å². The van der Waals surface area contributed by atoms with Crippen LogP contribution in [-0.4, -0.2) is 45.9 Å². The maximum Gasteiger partial charge on any atom is 0.220 e. The second-order valence-electron chi connectivity index (χ2n) is 4.69. The van der Waals surface area contributed by atoms with Gasteiger partial charge in [-0.05, 0) is 24.8 Å². The number of hydrogen-bond acceptors (Lipinski definition) is 4. The lowest BCUT2D eigenvalue weighted by molar-refractivity contribution is -0.125. The summed E-state index contributed by atoms with van der Waals surface area (Å²) in [5.41, 5.74) is 5.79. The molecular formula is C12H24N2O3. The van der Waals surface area contributed by atoms with E-state index in [4.69, 9.17) is 15.2 Å². The zero-order valence-corrected chi connectivity index (χ0v) is 10.7. The predicted molar refractivity (Wildman–Crippen MR) is 65.7 cm³/mol. The molecule has 1 fully saturated rings. The van der Waals surface area contributed by atoms with Gasteiger partial charge in [0.1, 0.15) is 0 Å². The Morgan fingerprint density at radius 1 is 1.35 bits per heavy atom. The van der Waals surface area contributed by atoms with Gasteiger partial charge in [-0.15, -0.1) is 0 Å². The molecule has 1 amide bonds. The topological polar surface area (TPSA) is 73.6 Å². The van der Waals surface area contributed by atoms with E-state index in [1.54, 1.807) is 7.11 Å². The van der Waals surface area contributed by atoms with Crippen molar-refractivity contribution in [2.24, 2.45) is 11.1 Å². The van der Waals surface area contributed by atoms with Gasteiger partial charge >= 0.3 is 0 Å². The van der Waals surface area contributed by atoms with Crippen LogP contribution in [0.3, 0.4) is 0 Å². The molecule has 1 saturated carbocycles. The average Bonchev–Trinajstić information content (AvgIpc) is 2.28. The fourth-order valence-electron chi connectivity index (χ4n) is 2.04. The number of rotatable bonds is 9. The molecule has 3 N–H and O–H groups in total.